The summed E-state index contributed by atoms with van der Waals surface area (Å²) in [6, 6.07) is 9.62. The molecule has 0 aromatic heterocycles. The summed E-state index contributed by atoms with van der Waals surface area (Å²) in [5, 5.41) is 4.57. The van der Waals surface area contributed by atoms with Crippen LogP contribution in [0.4, 0.5) is 5.69 Å². The van der Waals surface area contributed by atoms with Gasteiger partial charge in [0.1, 0.15) is 0 Å². The van der Waals surface area contributed by atoms with Crippen molar-refractivity contribution < 1.29 is 4.79 Å². The second kappa shape index (κ2) is 7.44. The number of hydrogen-bond donors (Lipinski definition) is 1. The lowest BCUT2D eigenvalue weighted by Crippen LogP contribution is -2.42. The van der Waals surface area contributed by atoms with Crippen molar-refractivity contribution in [3.63, 3.8) is 0 Å². The predicted octanol–water partition coefficient (Wildman–Crippen LogP) is 5.35. The standard InChI is InChI=1S/C23H26ClN3O/c1-14-7-8-18(20(24)9-14)22(28)26-25-13-17-11-19-16(3)12-23(4,5)27(6)21(19)10-15(17)2/h7-13H,1-6H3,(H,26,28)/b25-13-. The monoisotopic (exact) mass is 395 g/mol. The summed E-state index contributed by atoms with van der Waals surface area (Å²) in [7, 11) is 2.11. The minimum Gasteiger partial charge on any atom is -0.365 e. The smallest absolute Gasteiger partial charge is 0.272 e. The summed E-state index contributed by atoms with van der Waals surface area (Å²) in [5.41, 5.74) is 9.65. The van der Waals surface area contributed by atoms with Crippen molar-refractivity contribution in [3.8, 4) is 0 Å². The molecule has 2 aromatic carbocycles. The largest absolute Gasteiger partial charge is 0.365 e. The third kappa shape index (κ3) is 3.83. The minimum atomic E-state index is -0.325. The number of fused-ring (bicyclic) bond motifs is 1. The zero-order chi connectivity index (χ0) is 20.6. The predicted molar refractivity (Wildman–Crippen MR) is 119 cm³/mol. The molecule has 4 nitrogen and oxygen atoms in total. The number of rotatable bonds is 3. The van der Waals surface area contributed by atoms with Crippen LogP contribution >= 0.6 is 11.6 Å². The molecule has 0 bridgehead atoms. The van der Waals surface area contributed by atoms with Crippen molar-refractivity contribution in [2.45, 2.75) is 40.2 Å². The Balaban J connectivity index is 1.84. The number of hydrogen-bond acceptors (Lipinski definition) is 3. The van der Waals surface area contributed by atoms with Crippen LogP contribution in [0.15, 0.2) is 41.5 Å². The fourth-order valence-corrected chi connectivity index (χ4v) is 3.80. The number of amides is 1. The van der Waals surface area contributed by atoms with Gasteiger partial charge in [0, 0.05) is 18.3 Å². The van der Waals surface area contributed by atoms with E-state index in [1.807, 2.05) is 13.0 Å². The van der Waals surface area contributed by atoms with Gasteiger partial charge in [-0.25, -0.2) is 5.43 Å². The normalized spacial score (nSPS) is 15.4. The molecule has 1 heterocycles. The van der Waals surface area contributed by atoms with Gasteiger partial charge in [0.05, 0.1) is 22.3 Å². The quantitative estimate of drug-likeness (QED) is 0.562. The van der Waals surface area contributed by atoms with E-state index in [1.54, 1.807) is 18.3 Å². The number of benzene rings is 2. The molecule has 1 aliphatic heterocycles. The summed E-state index contributed by atoms with van der Waals surface area (Å²) >= 11 is 6.15. The van der Waals surface area contributed by atoms with Crippen molar-refractivity contribution in [3.05, 3.63) is 69.2 Å². The average Bonchev–Trinajstić information content (AvgIpc) is 2.60. The SMILES string of the molecule is CC1=CC(C)(C)N(C)c2cc(C)c(/C=N\NC(=O)c3ccc(C)cc3Cl)cc21. The Morgan fingerprint density at radius 1 is 1.18 bits per heavy atom. The third-order valence-corrected chi connectivity index (χ3v) is 5.66. The zero-order valence-electron chi connectivity index (χ0n) is 17.2. The van der Waals surface area contributed by atoms with Crippen LogP contribution in [0.1, 0.15) is 53.4 Å². The van der Waals surface area contributed by atoms with Crippen molar-refractivity contribution in [1.29, 1.82) is 0 Å². The van der Waals surface area contributed by atoms with Gasteiger partial charge in [0.25, 0.3) is 5.91 Å². The number of carbonyl (C=O) groups excluding carboxylic acids is 1. The van der Waals surface area contributed by atoms with Gasteiger partial charge in [0.2, 0.25) is 0 Å². The Kier molecular flexibility index (Phi) is 5.35. The summed E-state index contributed by atoms with van der Waals surface area (Å²) in [4.78, 5) is 14.6. The van der Waals surface area contributed by atoms with Crippen LogP contribution in [-0.4, -0.2) is 24.7 Å². The van der Waals surface area contributed by atoms with E-state index >= 15 is 0 Å². The van der Waals surface area contributed by atoms with Gasteiger partial charge in [-0.1, -0.05) is 23.7 Å². The molecule has 5 heteroatoms. The Bertz CT molecular complexity index is 1010. The highest BCUT2D eigenvalue weighted by molar-refractivity contribution is 6.33. The number of nitrogens with one attached hydrogen (secondary N) is 1. The van der Waals surface area contributed by atoms with Crippen LogP contribution in [0.25, 0.3) is 5.57 Å². The third-order valence-electron chi connectivity index (χ3n) is 5.34. The minimum absolute atomic E-state index is 0.0274. The molecule has 0 saturated heterocycles. The number of carbonyl (C=O) groups is 1. The number of anilines is 1. The van der Waals surface area contributed by atoms with E-state index in [-0.39, 0.29) is 11.4 Å². The molecule has 1 amide bonds. The zero-order valence-corrected chi connectivity index (χ0v) is 18.0. The Morgan fingerprint density at radius 2 is 1.89 bits per heavy atom. The van der Waals surface area contributed by atoms with Crippen LogP contribution in [0.3, 0.4) is 0 Å². The van der Waals surface area contributed by atoms with E-state index in [4.69, 9.17) is 11.6 Å². The molecule has 0 unspecified atom stereocenters. The summed E-state index contributed by atoms with van der Waals surface area (Å²) in [5.74, 6) is -0.325. The van der Waals surface area contributed by atoms with Crippen molar-refractivity contribution >= 4 is 35.0 Å². The fraction of sp³-hybridized carbons (Fsp3) is 0.304. The summed E-state index contributed by atoms with van der Waals surface area (Å²) in [6.45, 7) is 10.5. The van der Waals surface area contributed by atoms with E-state index < -0.39 is 0 Å². The van der Waals surface area contributed by atoms with Crippen LogP contribution in [0.5, 0.6) is 0 Å². The first-order valence-corrected chi connectivity index (χ1v) is 9.66. The molecule has 146 valence electrons. The number of allylic oxidation sites excluding steroid dienone is 1. The highest BCUT2D eigenvalue weighted by Crippen LogP contribution is 2.38. The highest BCUT2D eigenvalue weighted by Gasteiger charge is 2.28. The fourth-order valence-electron chi connectivity index (χ4n) is 3.48. The Morgan fingerprint density at radius 3 is 2.57 bits per heavy atom. The molecule has 1 aliphatic rings. The van der Waals surface area contributed by atoms with Crippen molar-refractivity contribution in [1.82, 2.24) is 5.43 Å². The Hall–Kier alpha value is -2.59. The number of hydrazone groups is 1. The molecule has 0 aliphatic carbocycles. The topological polar surface area (TPSA) is 44.7 Å². The molecule has 0 fully saturated rings. The first-order chi connectivity index (χ1) is 13.1. The maximum atomic E-state index is 12.3. The van der Waals surface area contributed by atoms with Crippen LogP contribution in [-0.2, 0) is 0 Å². The highest BCUT2D eigenvalue weighted by atomic mass is 35.5. The first kappa shape index (κ1) is 20.2. The van der Waals surface area contributed by atoms with Crippen LogP contribution in [0, 0.1) is 13.8 Å². The van der Waals surface area contributed by atoms with E-state index in [2.05, 4.69) is 68.4 Å². The molecule has 1 N–H and O–H groups in total. The lowest BCUT2D eigenvalue weighted by atomic mass is 9.87. The van der Waals surface area contributed by atoms with Gasteiger partial charge in [-0.15, -0.1) is 0 Å². The van der Waals surface area contributed by atoms with Gasteiger partial charge in [-0.05, 0) is 81.1 Å². The maximum Gasteiger partial charge on any atom is 0.272 e. The lowest BCUT2D eigenvalue weighted by Gasteiger charge is -2.41. The Labute approximate surface area is 171 Å². The number of aryl methyl sites for hydroxylation is 2. The van der Waals surface area contributed by atoms with Gasteiger partial charge in [-0.3, -0.25) is 4.79 Å². The van der Waals surface area contributed by atoms with E-state index in [9.17, 15) is 4.79 Å². The van der Waals surface area contributed by atoms with E-state index in [1.165, 1.54) is 16.8 Å². The van der Waals surface area contributed by atoms with Gasteiger partial charge in [0.15, 0.2) is 0 Å². The van der Waals surface area contributed by atoms with Crippen LogP contribution < -0.4 is 10.3 Å². The van der Waals surface area contributed by atoms with Crippen molar-refractivity contribution in [2.24, 2.45) is 5.10 Å². The van der Waals surface area contributed by atoms with Gasteiger partial charge in [-0.2, -0.15) is 5.10 Å². The molecular weight excluding hydrogens is 370 g/mol. The molecule has 0 atom stereocenters. The molecule has 0 saturated carbocycles. The number of likely N-dealkylation sites (N-methyl/N-ethyl adjacent to an activating group) is 1. The summed E-state index contributed by atoms with van der Waals surface area (Å²) < 4.78 is 0. The van der Waals surface area contributed by atoms with E-state index in [0.29, 0.717) is 10.6 Å². The molecule has 2 aromatic rings. The molecule has 0 radical (unpaired) electrons. The van der Waals surface area contributed by atoms with Crippen LogP contribution in [0.2, 0.25) is 5.02 Å². The maximum absolute atomic E-state index is 12.3. The van der Waals surface area contributed by atoms with Crippen molar-refractivity contribution in [2.75, 3.05) is 11.9 Å². The molecule has 3 rings (SSSR count). The van der Waals surface area contributed by atoms with E-state index in [0.717, 1.165) is 16.7 Å². The molecule has 28 heavy (non-hydrogen) atoms. The second-order valence-corrected chi connectivity index (χ2v) is 8.36. The molecule has 0 spiro atoms. The summed E-state index contributed by atoms with van der Waals surface area (Å²) in [6.07, 6.45) is 3.95. The number of halogens is 1. The lowest BCUT2D eigenvalue weighted by molar-refractivity contribution is 0.0955. The first-order valence-electron chi connectivity index (χ1n) is 9.28. The second-order valence-electron chi connectivity index (χ2n) is 7.95. The van der Waals surface area contributed by atoms with Gasteiger partial charge >= 0.3 is 0 Å². The molecular formula is C23H26ClN3O. The van der Waals surface area contributed by atoms with Gasteiger partial charge < -0.3 is 4.90 Å². The number of nitrogens with zero attached hydrogens (tertiary/aromatic N) is 2. The average molecular weight is 396 g/mol.